The first-order chi connectivity index (χ1) is 10.2. The van der Waals surface area contributed by atoms with Crippen LogP contribution in [0.1, 0.15) is 12.8 Å². The first-order valence-corrected chi connectivity index (χ1v) is 8.30. The minimum Gasteiger partial charge on any atom is -0.489 e. The number of benzene rings is 1. The molecule has 2 rings (SSSR count). The third kappa shape index (κ3) is 5.60. The van der Waals surface area contributed by atoms with Crippen LogP contribution in [0.5, 0.6) is 5.75 Å². The zero-order valence-electron chi connectivity index (χ0n) is 12.8. The zero-order valence-corrected chi connectivity index (χ0v) is 17.3. The Morgan fingerprint density at radius 1 is 1.45 bits per heavy atom. The normalized spacial score (nSPS) is 15.9. The third-order valence-corrected chi connectivity index (χ3v) is 4.38. The highest BCUT2D eigenvalue weighted by atomic mass is 127. The van der Waals surface area contributed by atoms with E-state index in [4.69, 9.17) is 4.74 Å². The van der Waals surface area contributed by atoms with E-state index in [-0.39, 0.29) is 30.1 Å². The molecule has 1 heterocycles. The summed E-state index contributed by atoms with van der Waals surface area (Å²) in [6.45, 7) is 6.39. The molecule has 0 saturated carbocycles. The first kappa shape index (κ1) is 19.5. The van der Waals surface area contributed by atoms with E-state index >= 15 is 0 Å². The smallest absolute Gasteiger partial charge is 0.193 e. The van der Waals surface area contributed by atoms with Crippen molar-refractivity contribution in [3.63, 3.8) is 0 Å². The number of halogens is 2. The summed E-state index contributed by atoms with van der Waals surface area (Å²) in [6, 6.07) is 8.17. The van der Waals surface area contributed by atoms with Crippen LogP contribution in [0.2, 0.25) is 0 Å². The van der Waals surface area contributed by atoms with E-state index in [1.54, 1.807) is 0 Å². The summed E-state index contributed by atoms with van der Waals surface area (Å²) in [6.07, 6.45) is 4.16. The highest BCUT2D eigenvalue weighted by Crippen LogP contribution is 2.24. The number of guanidine groups is 1. The Morgan fingerprint density at radius 3 is 2.73 bits per heavy atom. The quantitative estimate of drug-likeness (QED) is 0.282. The van der Waals surface area contributed by atoms with E-state index in [1.807, 2.05) is 31.3 Å². The molecular formula is C16H23I2N3O. The summed E-state index contributed by atoms with van der Waals surface area (Å²) in [5, 5.41) is 3.28. The number of hydrogen-bond donors (Lipinski definition) is 1. The third-order valence-electron chi connectivity index (χ3n) is 3.49. The SMILES string of the molecule is C=CCNC(=NC)N1CCC(Oc2ccccc2I)CC1.I. The molecule has 6 heteroatoms. The lowest BCUT2D eigenvalue weighted by molar-refractivity contribution is 0.128. The van der Waals surface area contributed by atoms with Crippen molar-refractivity contribution >= 4 is 52.5 Å². The monoisotopic (exact) mass is 527 g/mol. The van der Waals surface area contributed by atoms with Gasteiger partial charge >= 0.3 is 0 Å². The van der Waals surface area contributed by atoms with Gasteiger partial charge in [0, 0.05) is 39.5 Å². The van der Waals surface area contributed by atoms with Crippen molar-refractivity contribution < 1.29 is 4.74 Å². The van der Waals surface area contributed by atoms with Crippen LogP contribution in [0.15, 0.2) is 41.9 Å². The van der Waals surface area contributed by atoms with Crippen molar-refractivity contribution in [3.8, 4) is 5.75 Å². The summed E-state index contributed by atoms with van der Waals surface area (Å²) in [4.78, 5) is 6.59. The van der Waals surface area contributed by atoms with Crippen molar-refractivity contribution in [2.24, 2.45) is 4.99 Å². The van der Waals surface area contributed by atoms with Gasteiger partial charge in [0.2, 0.25) is 0 Å². The number of nitrogens with one attached hydrogen (secondary N) is 1. The number of aliphatic imine (C=N–C) groups is 1. The summed E-state index contributed by atoms with van der Waals surface area (Å²) in [7, 11) is 1.82. The maximum absolute atomic E-state index is 6.12. The van der Waals surface area contributed by atoms with Crippen molar-refractivity contribution in [2.75, 3.05) is 26.7 Å². The van der Waals surface area contributed by atoms with Gasteiger partial charge < -0.3 is 15.0 Å². The van der Waals surface area contributed by atoms with Crippen molar-refractivity contribution in [2.45, 2.75) is 18.9 Å². The molecule has 0 amide bonds. The average molecular weight is 527 g/mol. The van der Waals surface area contributed by atoms with Gasteiger partial charge in [0.1, 0.15) is 11.9 Å². The molecule has 0 aliphatic carbocycles. The molecular weight excluding hydrogens is 504 g/mol. The van der Waals surface area contributed by atoms with Crippen LogP contribution in [-0.2, 0) is 0 Å². The molecule has 22 heavy (non-hydrogen) atoms. The zero-order chi connectivity index (χ0) is 15.1. The second-order valence-corrected chi connectivity index (χ2v) is 6.11. The second kappa shape index (κ2) is 10.3. The van der Waals surface area contributed by atoms with Gasteiger partial charge in [0.15, 0.2) is 5.96 Å². The number of piperidine rings is 1. The van der Waals surface area contributed by atoms with Gasteiger partial charge in [-0.05, 0) is 34.7 Å². The van der Waals surface area contributed by atoms with E-state index in [2.05, 4.69) is 50.4 Å². The van der Waals surface area contributed by atoms with Gasteiger partial charge in [-0.25, -0.2) is 0 Å². The Labute approximate surface area is 163 Å². The maximum Gasteiger partial charge on any atom is 0.193 e. The van der Waals surface area contributed by atoms with Crippen LogP contribution in [0.3, 0.4) is 0 Å². The molecule has 1 aromatic carbocycles. The highest BCUT2D eigenvalue weighted by Gasteiger charge is 2.22. The number of hydrogen-bond acceptors (Lipinski definition) is 2. The van der Waals surface area contributed by atoms with Gasteiger partial charge in [0.05, 0.1) is 3.57 Å². The Balaban J connectivity index is 0.00000242. The molecule has 1 saturated heterocycles. The summed E-state index contributed by atoms with van der Waals surface area (Å²) < 4.78 is 7.29. The second-order valence-electron chi connectivity index (χ2n) is 4.95. The minimum absolute atomic E-state index is 0. The van der Waals surface area contributed by atoms with Gasteiger partial charge in [-0.15, -0.1) is 30.6 Å². The number of likely N-dealkylation sites (tertiary alicyclic amines) is 1. The standard InChI is InChI=1S/C16H22IN3O.HI/c1-3-10-19-16(18-2)20-11-8-13(9-12-20)21-15-7-5-4-6-14(15)17;/h3-7,13H,1,8-12H2,2H3,(H,18,19);1H. The van der Waals surface area contributed by atoms with Crippen molar-refractivity contribution in [1.82, 2.24) is 10.2 Å². The molecule has 0 atom stereocenters. The van der Waals surface area contributed by atoms with E-state index in [0.717, 1.165) is 44.2 Å². The van der Waals surface area contributed by atoms with Gasteiger partial charge in [-0.1, -0.05) is 18.2 Å². The minimum atomic E-state index is 0. The van der Waals surface area contributed by atoms with Crippen LogP contribution >= 0.6 is 46.6 Å². The molecule has 1 fully saturated rings. The molecule has 0 radical (unpaired) electrons. The molecule has 0 aromatic heterocycles. The molecule has 1 aliphatic heterocycles. The predicted octanol–water partition coefficient (Wildman–Crippen LogP) is 3.51. The lowest BCUT2D eigenvalue weighted by Crippen LogP contribution is -2.47. The fraction of sp³-hybridized carbons (Fsp3) is 0.438. The number of rotatable bonds is 4. The summed E-state index contributed by atoms with van der Waals surface area (Å²) in [5.74, 6) is 1.94. The lowest BCUT2D eigenvalue weighted by atomic mass is 10.1. The summed E-state index contributed by atoms with van der Waals surface area (Å²) in [5.41, 5.74) is 0. The average Bonchev–Trinajstić information content (AvgIpc) is 2.52. The van der Waals surface area contributed by atoms with Crippen molar-refractivity contribution in [3.05, 3.63) is 40.5 Å². The molecule has 0 unspecified atom stereocenters. The first-order valence-electron chi connectivity index (χ1n) is 7.22. The van der Waals surface area contributed by atoms with Crippen LogP contribution in [0.4, 0.5) is 0 Å². The lowest BCUT2D eigenvalue weighted by Gasteiger charge is -2.34. The van der Waals surface area contributed by atoms with E-state index in [1.165, 1.54) is 3.57 Å². The fourth-order valence-electron chi connectivity index (χ4n) is 2.40. The molecule has 1 N–H and O–H groups in total. The van der Waals surface area contributed by atoms with Crippen LogP contribution < -0.4 is 10.1 Å². The molecule has 4 nitrogen and oxygen atoms in total. The van der Waals surface area contributed by atoms with E-state index in [9.17, 15) is 0 Å². The van der Waals surface area contributed by atoms with Crippen molar-refractivity contribution in [1.29, 1.82) is 0 Å². The molecule has 1 aromatic rings. The van der Waals surface area contributed by atoms with E-state index in [0.29, 0.717) is 0 Å². The van der Waals surface area contributed by atoms with Crippen LogP contribution in [0, 0.1) is 3.57 Å². The largest absolute Gasteiger partial charge is 0.489 e. The number of nitrogens with zero attached hydrogens (tertiary/aromatic N) is 2. The molecule has 122 valence electrons. The highest BCUT2D eigenvalue weighted by molar-refractivity contribution is 14.1. The van der Waals surface area contributed by atoms with E-state index < -0.39 is 0 Å². The number of para-hydroxylation sites is 1. The molecule has 1 aliphatic rings. The summed E-state index contributed by atoms with van der Waals surface area (Å²) >= 11 is 2.32. The molecule has 0 bridgehead atoms. The Hall–Kier alpha value is -0.510. The number of ether oxygens (including phenoxy) is 1. The van der Waals surface area contributed by atoms with Crippen LogP contribution in [-0.4, -0.2) is 43.6 Å². The molecule has 0 spiro atoms. The Kier molecular flexibility index (Phi) is 9.15. The van der Waals surface area contributed by atoms with Gasteiger partial charge in [0.25, 0.3) is 0 Å². The van der Waals surface area contributed by atoms with Crippen LogP contribution in [0.25, 0.3) is 0 Å². The maximum atomic E-state index is 6.12. The Bertz CT molecular complexity index is 500. The predicted molar refractivity (Wildman–Crippen MR) is 111 cm³/mol. The fourth-order valence-corrected chi connectivity index (χ4v) is 2.92. The Morgan fingerprint density at radius 2 is 2.14 bits per heavy atom. The topological polar surface area (TPSA) is 36.9 Å². The van der Waals surface area contributed by atoms with Gasteiger partial charge in [-0.2, -0.15) is 0 Å². The van der Waals surface area contributed by atoms with Gasteiger partial charge in [-0.3, -0.25) is 4.99 Å².